The summed E-state index contributed by atoms with van der Waals surface area (Å²) < 4.78 is 0. The molecule has 3 N–H and O–H groups in total. The molecule has 1 rings (SSSR count). The first kappa shape index (κ1) is 10.9. The topological polar surface area (TPSA) is 46.2 Å². The minimum atomic E-state index is 0. The van der Waals surface area contributed by atoms with Gasteiger partial charge in [0.2, 0.25) is 0 Å². The Kier molecular flexibility index (Phi) is 5.50. The molecule has 0 saturated carbocycles. The monoisotopic (exact) mass is 193 g/mol. The number of hydrogen-bond acceptors (Lipinski definition) is 3. The Bertz CT molecular complexity index is 179. The molecule has 1 aromatic heterocycles. The van der Waals surface area contributed by atoms with Crippen molar-refractivity contribution < 1.29 is 5.11 Å². The van der Waals surface area contributed by atoms with Crippen LogP contribution in [0.5, 0.6) is 0 Å². The maximum Gasteiger partial charge on any atom is 0.0449 e. The highest BCUT2D eigenvalue weighted by Gasteiger charge is 2.03. The van der Waals surface area contributed by atoms with Crippen LogP contribution < -0.4 is 5.73 Å². The lowest BCUT2D eigenvalue weighted by Crippen LogP contribution is -2.10. The summed E-state index contributed by atoms with van der Waals surface area (Å²) in [5.41, 5.74) is 6.82. The Balaban J connectivity index is 0.000001000. The quantitative estimate of drug-likeness (QED) is 0.766. The zero-order valence-electron chi connectivity index (χ0n) is 6.06. The van der Waals surface area contributed by atoms with Crippen LogP contribution in [0.3, 0.4) is 0 Å². The van der Waals surface area contributed by atoms with Crippen LogP contribution >= 0.6 is 23.7 Å². The van der Waals surface area contributed by atoms with E-state index in [1.807, 2.05) is 16.8 Å². The van der Waals surface area contributed by atoms with Gasteiger partial charge in [-0.1, -0.05) is 0 Å². The van der Waals surface area contributed by atoms with E-state index < -0.39 is 0 Å². The van der Waals surface area contributed by atoms with Crippen LogP contribution in [-0.4, -0.2) is 11.7 Å². The van der Waals surface area contributed by atoms with Crippen molar-refractivity contribution >= 4 is 23.7 Å². The van der Waals surface area contributed by atoms with Gasteiger partial charge < -0.3 is 10.8 Å². The Morgan fingerprint density at radius 3 is 2.82 bits per heavy atom. The largest absolute Gasteiger partial charge is 0.396 e. The van der Waals surface area contributed by atoms with E-state index in [0.29, 0.717) is 6.42 Å². The van der Waals surface area contributed by atoms with Gasteiger partial charge in [0.25, 0.3) is 0 Å². The zero-order valence-corrected chi connectivity index (χ0v) is 7.70. The smallest absolute Gasteiger partial charge is 0.0449 e. The summed E-state index contributed by atoms with van der Waals surface area (Å²) in [5.74, 6) is 0. The van der Waals surface area contributed by atoms with Gasteiger partial charge >= 0.3 is 0 Å². The van der Waals surface area contributed by atoms with E-state index in [0.717, 1.165) is 5.56 Å². The molecule has 0 amide bonds. The third kappa shape index (κ3) is 3.20. The van der Waals surface area contributed by atoms with Gasteiger partial charge in [-0.2, -0.15) is 11.3 Å². The van der Waals surface area contributed by atoms with Gasteiger partial charge in [0.05, 0.1) is 0 Å². The van der Waals surface area contributed by atoms with Crippen molar-refractivity contribution in [1.82, 2.24) is 0 Å². The maximum absolute atomic E-state index is 8.56. The van der Waals surface area contributed by atoms with Gasteiger partial charge in [-0.25, -0.2) is 0 Å². The van der Waals surface area contributed by atoms with E-state index in [1.54, 1.807) is 11.3 Å². The molecular formula is C7H12ClNOS. The molecule has 0 aliphatic rings. The molecule has 1 aromatic rings. The van der Waals surface area contributed by atoms with Crippen molar-refractivity contribution in [2.24, 2.45) is 5.73 Å². The summed E-state index contributed by atoms with van der Waals surface area (Å²) in [6.07, 6.45) is 0.650. The standard InChI is InChI=1S/C7H11NOS.ClH/c8-7(1-3-9)6-2-4-10-5-6;/h2,4-5,7,9H,1,3,8H2;1H/t7-;/m0./s1. The van der Waals surface area contributed by atoms with Crippen molar-refractivity contribution in [3.63, 3.8) is 0 Å². The first-order valence-corrected chi connectivity index (χ1v) is 4.17. The second-order valence-electron chi connectivity index (χ2n) is 2.18. The molecule has 0 aliphatic carbocycles. The molecule has 2 nitrogen and oxygen atoms in total. The van der Waals surface area contributed by atoms with E-state index in [2.05, 4.69) is 0 Å². The van der Waals surface area contributed by atoms with Gasteiger partial charge in [-0.15, -0.1) is 12.4 Å². The van der Waals surface area contributed by atoms with Crippen LogP contribution in [0.15, 0.2) is 16.8 Å². The average molecular weight is 194 g/mol. The minimum Gasteiger partial charge on any atom is -0.396 e. The van der Waals surface area contributed by atoms with Crippen LogP contribution in [0.2, 0.25) is 0 Å². The molecule has 0 aromatic carbocycles. The summed E-state index contributed by atoms with van der Waals surface area (Å²) in [6.45, 7) is 0.164. The number of halogens is 1. The highest BCUT2D eigenvalue weighted by molar-refractivity contribution is 7.07. The van der Waals surface area contributed by atoms with E-state index in [-0.39, 0.29) is 25.1 Å². The lowest BCUT2D eigenvalue weighted by molar-refractivity contribution is 0.276. The third-order valence-electron chi connectivity index (χ3n) is 1.41. The molecule has 1 heterocycles. The number of aliphatic hydroxyl groups excluding tert-OH is 1. The van der Waals surface area contributed by atoms with Crippen LogP contribution in [0.1, 0.15) is 18.0 Å². The lowest BCUT2D eigenvalue weighted by Gasteiger charge is -2.05. The number of hydrogen-bond donors (Lipinski definition) is 2. The van der Waals surface area contributed by atoms with Crippen molar-refractivity contribution in [3.05, 3.63) is 22.4 Å². The number of nitrogens with two attached hydrogens (primary N) is 1. The van der Waals surface area contributed by atoms with Crippen LogP contribution in [-0.2, 0) is 0 Å². The fraction of sp³-hybridized carbons (Fsp3) is 0.429. The molecule has 1 atom stereocenters. The molecule has 0 saturated heterocycles. The zero-order chi connectivity index (χ0) is 7.40. The fourth-order valence-electron chi connectivity index (χ4n) is 0.792. The van der Waals surface area contributed by atoms with Gasteiger partial charge in [-0.3, -0.25) is 0 Å². The minimum absolute atomic E-state index is 0. The van der Waals surface area contributed by atoms with E-state index >= 15 is 0 Å². The van der Waals surface area contributed by atoms with Gasteiger partial charge in [-0.05, 0) is 28.8 Å². The molecular weight excluding hydrogens is 182 g/mol. The summed E-state index contributed by atoms with van der Waals surface area (Å²) in [6, 6.07) is 2.00. The highest BCUT2D eigenvalue weighted by atomic mass is 35.5. The van der Waals surface area contributed by atoms with Crippen LogP contribution in [0.25, 0.3) is 0 Å². The molecule has 0 unspecified atom stereocenters. The Morgan fingerprint density at radius 1 is 1.64 bits per heavy atom. The van der Waals surface area contributed by atoms with Crippen molar-refractivity contribution in [1.29, 1.82) is 0 Å². The molecule has 64 valence electrons. The van der Waals surface area contributed by atoms with E-state index in [9.17, 15) is 0 Å². The first-order chi connectivity index (χ1) is 4.84. The lowest BCUT2D eigenvalue weighted by atomic mass is 10.1. The summed E-state index contributed by atoms with van der Waals surface area (Å²) >= 11 is 1.63. The van der Waals surface area contributed by atoms with Crippen molar-refractivity contribution in [3.8, 4) is 0 Å². The predicted octanol–water partition coefficient (Wildman–Crippen LogP) is 1.55. The molecule has 4 heteroatoms. The van der Waals surface area contributed by atoms with Crippen molar-refractivity contribution in [2.45, 2.75) is 12.5 Å². The maximum atomic E-state index is 8.56. The number of thiophene rings is 1. The molecule has 11 heavy (non-hydrogen) atoms. The predicted molar refractivity (Wildman–Crippen MR) is 50.2 cm³/mol. The third-order valence-corrected chi connectivity index (χ3v) is 2.11. The first-order valence-electron chi connectivity index (χ1n) is 3.23. The molecule has 0 aliphatic heterocycles. The number of aliphatic hydroxyl groups is 1. The van der Waals surface area contributed by atoms with Gasteiger partial charge in [0.15, 0.2) is 0 Å². The van der Waals surface area contributed by atoms with Crippen molar-refractivity contribution in [2.75, 3.05) is 6.61 Å². The van der Waals surface area contributed by atoms with Gasteiger partial charge in [0.1, 0.15) is 0 Å². The van der Waals surface area contributed by atoms with E-state index in [1.165, 1.54) is 0 Å². The molecule has 0 radical (unpaired) electrons. The Labute approximate surface area is 76.5 Å². The molecule has 0 bridgehead atoms. The highest BCUT2D eigenvalue weighted by Crippen LogP contribution is 2.15. The van der Waals surface area contributed by atoms with Gasteiger partial charge in [0, 0.05) is 12.6 Å². The molecule has 0 fully saturated rings. The van der Waals surface area contributed by atoms with Crippen LogP contribution in [0, 0.1) is 0 Å². The summed E-state index contributed by atoms with van der Waals surface area (Å²) in [4.78, 5) is 0. The SMILES string of the molecule is Cl.N[C@@H](CCO)c1ccsc1. The summed E-state index contributed by atoms with van der Waals surface area (Å²) in [5, 5.41) is 12.6. The average Bonchev–Trinajstić information content (AvgIpc) is 2.38. The Hall–Kier alpha value is -0.0900. The van der Waals surface area contributed by atoms with E-state index in [4.69, 9.17) is 10.8 Å². The second-order valence-corrected chi connectivity index (χ2v) is 2.96. The fourth-order valence-corrected chi connectivity index (χ4v) is 1.52. The normalized spacial score (nSPS) is 12.2. The van der Waals surface area contributed by atoms with Crippen LogP contribution in [0.4, 0.5) is 0 Å². The summed E-state index contributed by atoms with van der Waals surface area (Å²) in [7, 11) is 0. The molecule has 0 spiro atoms. The second kappa shape index (κ2) is 5.55. The number of rotatable bonds is 3. The Morgan fingerprint density at radius 2 is 2.36 bits per heavy atom.